The third-order valence-corrected chi connectivity index (χ3v) is 3.14. The predicted molar refractivity (Wildman–Crippen MR) is 68.7 cm³/mol. The molecular weight excluding hydrogens is 269 g/mol. The third kappa shape index (κ3) is 3.41. The SMILES string of the molecule is CC/C=C/C1COC(c2cc(F)c(CF)c(F)c2)OC1. The molecular formula is C15H17F3O2. The van der Waals surface area contributed by atoms with Gasteiger partial charge < -0.3 is 9.47 Å². The van der Waals surface area contributed by atoms with Crippen molar-refractivity contribution in [3.63, 3.8) is 0 Å². The molecule has 2 nitrogen and oxygen atoms in total. The van der Waals surface area contributed by atoms with Crippen molar-refractivity contribution in [2.75, 3.05) is 13.2 Å². The van der Waals surface area contributed by atoms with E-state index in [0.29, 0.717) is 13.2 Å². The van der Waals surface area contributed by atoms with E-state index >= 15 is 0 Å². The van der Waals surface area contributed by atoms with Gasteiger partial charge in [0.25, 0.3) is 0 Å². The molecule has 1 heterocycles. The van der Waals surface area contributed by atoms with Crippen LogP contribution in [0.2, 0.25) is 0 Å². The van der Waals surface area contributed by atoms with Crippen LogP contribution in [0.5, 0.6) is 0 Å². The van der Waals surface area contributed by atoms with Gasteiger partial charge in [-0.3, -0.25) is 0 Å². The van der Waals surface area contributed by atoms with E-state index in [4.69, 9.17) is 9.47 Å². The van der Waals surface area contributed by atoms with E-state index in [9.17, 15) is 13.2 Å². The minimum atomic E-state index is -1.17. The van der Waals surface area contributed by atoms with Crippen molar-refractivity contribution in [1.82, 2.24) is 0 Å². The zero-order valence-electron chi connectivity index (χ0n) is 11.2. The zero-order chi connectivity index (χ0) is 14.5. The van der Waals surface area contributed by atoms with Gasteiger partial charge in [-0.2, -0.15) is 0 Å². The Morgan fingerprint density at radius 2 is 1.80 bits per heavy atom. The van der Waals surface area contributed by atoms with Crippen LogP contribution in [0.3, 0.4) is 0 Å². The molecule has 20 heavy (non-hydrogen) atoms. The first kappa shape index (κ1) is 15.1. The van der Waals surface area contributed by atoms with Crippen molar-refractivity contribution in [2.45, 2.75) is 26.3 Å². The number of alkyl halides is 1. The molecule has 2 rings (SSSR count). The van der Waals surface area contributed by atoms with E-state index < -0.39 is 30.2 Å². The second-order valence-electron chi connectivity index (χ2n) is 4.69. The number of halogens is 3. The molecule has 1 saturated heterocycles. The first-order valence-corrected chi connectivity index (χ1v) is 6.59. The first-order valence-electron chi connectivity index (χ1n) is 6.59. The van der Waals surface area contributed by atoms with Crippen LogP contribution < -0.4 is 0 Å². The maximum absolute atomic E-state index is 13.5. The monoisotopic (exact) mass is 286 g/mol. The summed E-state index contributed by atoms with van der Waals surface area (Å²) in [5, 5.41) is 0. The van der Waals surface area contributed by atoms with Gasteiger partial charge in [-0.25, -0.2) is 13.2 Å². The summed E-state index contributed by atoms with van der Waals surface area (Å²) in [6.07, 6.45) is 4.15. The molecule has 0 aromatic heterocycles. The first-order chi connectivity index (χ1) is 9.65. The van der Waals surface area contributed by atoms with Gasteiger partial charge in [0.05, 0.1) is 18.8 Å². The molecule has 0 atom stereocenters. The van der Waals surface area contributed by atoms with Crippen molar-refractivity contribution in [1.29, 1.82) is 0 Å². The van der Waals surface area contributed by atoms with Gasteiger partial charge in [-0.05, 0) is 18.6 Å². The summed E-state index contributed by atoms with van der Waals surface area (Å²) < 4.78 is 50.4. The van der Waals surface area contributed by atoms with Gasteiger partial charge in [0, 0.05) is 11.5 Å². The Bertz CT molecular complexity index is 457. The highest BCUT2D eigenvalue weighted by Gasteiger charge is 2.24. The number of rotatable bonds is 4. The Balaban J connectivity index is 2.05. The van der Waals surface area contributed by atoms with Crippen molar-refractivity contribution in [3.05, 3.63) is 47.0 Å². The summed E-state index contributed by atoms with van der Waals surface area (Å²) in [4.78, 5) is 0. The summed E-state index contributed by atoms with van der Waals surface area (Å²) in [5.74, 6) is -1.68. The van der Waals surface area contributed by atoms with Crippen LogP contribution in [0, 0.1) is 17.6 Å². The van der Waals surface area contributed by atoms with Crippen molar-refractivity contribution < 1.29 is 22.6 Å². The highest BCUT2D eigenvalue weighted by atomic mass is 19.1. The van der Waals surface area contributed by atoms with Crippen LogP contribution in [0.4, 0.5) is 13.2 Å². The minimum absolute atomic E-state index is 0.144. The lowest BCUT2D eigenvalue weighted by molar-refractivity contribution is -0.197. The highest BCUT2D eigenvalue weighted by Crippen LogP contribution is 2.28. The molecule has 110 valence electrons. The fourth-order valence-electron chi connectivity index (χ4n) is 2.04. The van der Waals surface area contributed by atoms with Crippen LogP contribution in [-0.4, -0.2) is 13.2 Å². The Kier molecular flexibility index (Phi) is 5.20. The summed E-state index contributed by atoms with van der Waals surface area (Å²) >= 11 is 0. The maximum atomic E-state index is 13.5. The molecule has 0 unspecified atom stereocenters. The summed E-state index contributed by atoms with van der Waals surface area (Å²) in [5.41, 5.74) is -0.330. The average Bonchev–Trinajstić information content (AvgIpc) is 2.45. The molecule has 1 aliphatic rings. The van der Waals surface area contributed by atoms with E-state index in [1.54, 1.807) is 0 Å². The number of benzene rings is 1. The van der Waals surface area contributed by atoms with E-state index in [1.165, 1.54) is 0 Å². The molecule has 0 bridgehead atoms. The van der Waals surface area contributed by atoms with Crippen molar-refractivity contribution in [2.24, 2.45) is 5.92 Å². The molecule has 1 aromatic carbocycles. The second kappa shape index (κ2) is 6.90. The topological polar surface area (TPSA) is 18.5 Å². The zero-order valence-corrected chi connectivity index (χ0v) is 11.2. The summed E-state index contributed by atoms with van der Waals surface area (Å²) in [6, 6.07) is 2.12. The standard InChI is InChI=1S/C15H17F3O2/c1-2-3-4-10-8-19-15(20-9-10)11-5-13(17)12(7-16)14(18)6-11/h3-6,10,15H,2,7-9H2,1H3/b4-3+. The smallest absolute Gasteiger partial charge is 0.184 e. The van der Waals surface area contributed by atoms with Crippen molar-refractivity contribution >= 4 is 0 Å². The number of allylic oxidation sites excluding steroid dienone is 1. The molecule has 1 aliphatic heterocycles. The normalized spacial score (nSPS) is 23.4. The van der Waals surface area contributed by atoms with Gasteiger partial charge in [0.1, 0.15) is 18.3 Å². The quantitative estimate of drug-likeness (QED) is 0.777. The van der Waals surface area contributed by atoms with Gasteiger partial charge in [0.15, 0.2) is 6.29 Å². The van der Waals surface area contributed by atoms with Gasteiger partial charge in [0.2, 0.25) is 0 Å². The lowest BCUT2D eigenvalue weighted by Gasteiger charge is -2.28. The highest BCUT2D eigenvalue weighted by molar-refractivity contribution is 5.26. The maximum Gasteiger partial charge on any atom is 0.184 e. The lowest BCUT2D eigenvalue weighted by atomic mass is 10.1. The van der Waals surface area contributed by atoms with E-state index in [0.717, 1.165) is 18.6 Å². The minimum Gasteiger partial charge on any atom is -0.348 e. The van der Waals surface area contributed by atoms with Crippen LogP contribution in [0.1, 0.15) is 30.8 Å². The van der Waals surface area contributed by atoms with Crippen LogP contribution in [0.25, 0.3) is 0 Å². The molecule has 0 spiro atoms. The van der Waals surface area contributed by atoms with Crippen LogP contribution in [0.15, 0.2) is 24.3 Å². The van der Waals surface area contributed by atoms with E-state index in [2.05, 4.69) is 0 Å². The fourth-order valence-corrected chi connectivity index (χ4v) is 2.04. The molecule has 0 amide bonds. The van der Waals surface area contributed by atoms with Gasteiger partial charge in [-0.1, -0.05) is 19.1 Å². The number of hydrogen-bond donors (Lipinski definition) is 0. The third-order valence-electron chi connectivity index (χ3n) is 3.14. The van der Waals surface area contributed by atoms with E-state index in [-0.39, 0.29) is 11.5 Å². The van der Waals surface area contributed by atoms with E-state index in [1.807, 2.05) is 19.1 Å². The molecule has 0 N–H and O–H groups in total. The summed E-state index contributed by atoms with van der Waals surface area (Å²) in [7, 11) is 0. The number of ether oxygens (including phenoxy) is 2. The Morgan fingerprint density at radius 3 is 2.30 bits per heavy atom. The van der Waals surface area contributed by atoms with Gasteiger partial charge >= 0.3 is 0 Å². The van der Waals surface area contributed by atoms with Crippen molar-refractivity contribution in [3.8, 4) is 0 Å². The predicted octanol–water partition coefficient (Wildman–Crippen LogP) is 4.06. The second-order valence-corrected chi connectivity index (χ2v) is 4.69. The molecule has 1 fully saturated rings. The molecule has 0 radical (unpaired) electrons. The Hall–Kier alpha value is -1.33. The largest absolute Gasteiger partial charge is 0.348 e. The van der Waals surface area contributed by atoms with Gasteiger partial charge in [-0.15, -0.1) is 0 Å². The molecule has 1 aromatic rings. The van der Waals surface area contributed by atoms with Crippen LogP contribution in [-0.2, 0) is 16.1 Å². The Morgan fingerprint density at radius 1 is 1.20 bits per heavy atom. The number of hydrogen-bond acceptors (Lipinski definition) is 2. The average molecular weight is 286 g/mol. The van der Waals surface area contributed by atoms with Crippen LogP contribution >= 0.6 is 0 Å². The summed E-state index contributed by atoms with van der Waals surface area (Å²) in [6.45, 7) is 1.71. The lowest BCUT2D eigenvalue weighted by Crippen LogP contribution is -2.26. The Labute approximate surface area is 116 Å². The molecule has 0 aliphatic carbocycles. The molecule has 0 saturated carbocycles. The molecule has 5 heteroatoms. The fraction of sp³-hybridized carbons (Fsp3) is 0.467.